The summed E-state index contributed by atoms with van der Waals surface area (Å²) in [4.78, 5) is 11.7. The summed E-state index contributed by atoms with van der Waals surface area (Å²) >= 11 is 17.8. The van der Waals surface area contributed by atoms with Crippen molar-refractivity contribution < 1.29 is 14.3 Å². The summed E-state index contributed by atoms with van der Waals surface area (Å²) in [6.45, 7) is 0.156. The number of ether oxygens (including phenoxy) is 2. The fraction of sp³-hybridized carbons (Fsp3) is 0.133. The molecule has 0 saturated heterocycles. The van der Waals surface area contributed by atoms with Gasteiger partial charge in [-0.05, 0) is 12.1 Å². The van der Waals surface area contributed by atoms with Crippen LogP contribution < -0.4 is 4.74 Å². The van der Waals surface area contributed by atoms with Crippen LogP contribution in [-0.4, -0.2) is 13.1 Å². The Morgan fingerprint density at radius 3 is 2.43 bits per heavy atom. The lowest BCUT2D eigenvalue weighted by atomic mass is 10.1. The topological polar surface area (TPSA) is 35.5 Å². The van der Waals surface area contributed by atoms with E-state index in [0.717, 1.165) is 0 Å². The SMILES string of the molecule is COC(=O)c1ccccc1COc1cc(Cl)c(Cl)cc1Cl. The van der Waals surface area contributed by atoms with Gasteiger partial charge in [-0.25, -0.2) is 4.79 Å². The molecule has 0 heterocycles. The first-order valence-electron chi connectivity index (χ1n) is 5.96. The maximum atomic E-state index is 11.7. The van der Waals surface area contributed by atoms with Gasteiger partial charge in [0.15, 0.2) is 0 Å². The van der Waals surface area contributed by atoms with E-state index in [0.29, 0.717) is 31.9 Å². The highest BCUT2D eigenvalue weighted by Crippen LogP contribution is 2.34. The molecule has 2 aromatic carbocycles. The summed E-state index contributed by atoms with van der Waals surface area (Å²) in [6.07, 6.45) is 0. The average Bonchev–Trinajstić information content (AvgIpc) is 2.49. The monoisotopic (exact) mass is 344 g/mol. The number of benzene rings is 2. The first-order valence-corrected chi connectivity index (χ1v) is 7.10. The molecule has 110 valence electrons. The van der Waals surface area contributed by atoms with E-state index < -0.39 is 5.97 Å². The summed E-state index contributed by atoms with van der Waals surface area (Å²) in [5, 5.41) is 1.04. The maximum Gasteiger partial charge on any atom is 0.338 e. The van der Waals surface area contributed by atoms with Crippen LogP contribution in [0, 0.1) is 0 Å². The Balaban J connectivity index is 2.21. The van der Waals surface area contributed by atoms with Crippen molar-refractivity contribution in [3.63, 3.8) is 0 Å². The molecular weight excluding hydrogens is 335 g/mol. The zero-order valence-electron chi connectivity index (χ0n) is 11.0. The van der Waals surface area contributed by atoms with E-state index in [-0.39, 0.29) is 6.61 Å². The zero-order chi connectivity index (χ0) is 15.4. The predicted molar refractivity (Wildman–Crippen MR) is 83.6 cm³/mol. The van der Waals surface area contributed by atoms with Crippen LogP contribution in [0.4, 0.5) is 0 Å². The van der Waals surface area contributed by atoms with Crippen LogP contribution in [0.15, 0.2) is 36.4 Å². The summed E-state index contributed by atoms with van der Waals surface area (Å²) in [5.74, 6) is -0.0276. The number of hydrogen-bond donors (Lipinski definition) is 0. The van der Waals surface area contributed by atoms with Gasteiger partial charge in [0, 0.05) is 11.6 Å². The van der Waals surface area contributed by atoms with E-state index >= 15 is 0 Å². The lowest BCUT2D eigenvalue weighted by Gasteiger charge is -2.11. The highest BCUT2D eigenvalue weighted by atomic mass is 35.5. The van der Waals surface area contributed by atoms with Gasteiger partial charge in [0.2, 0.25) is 0 Å². The molecule has 0 bridgehead atoms. The second kappa shape index (κ2) is 7.03. The van der Waals surface area contributed by atoms with Crippen LogP contribution in [0.1, 0.15) is 15.9 Å². The van der Waals surface area contributed by atoms with Gasteiger partial charge in [0.1, 0.15) is 12.4 Å². The maximum absolute atomic E-state index is 11.7. The van der Waals surface area contributed by atoms with Crippen molar-refractivity contribution in [3.8, 4) is 5.75 Å². The van der Waals surface area contributed by atoms with Gasteiger partial charge < -0.3 is 9.47 Å². The van der Waals surface area contributed by atoms with Crippen molar-refractivity contribution in [1.82, 2.24) is 0 Å². The van der Waals surface area contributed by atoms with Crippen LogP contribution in [0.3, 0.4) is 0 Å². The molecule has 2 aromatic rings. The van der Waals surface area contributed by atoms with E-state index in [1.807, 2.05) is 6.07 Å². The van der Waals surface area contributed by atoms with E-state index in [9.17, 15) is 4.79 Å². The summed E-state index contributed by atoms with van der Waals surface area (Å²) < 4.78 is 10.3. The van der Waals surface area contributed by atoms with E-state index in [2.05, 4.69) is 0 Å². The number of carbonyl (C=O) groups excluding carboxylic acids is 1. The number of hydrogen-bond acceptors (Lipinski definition) is 3. The number of rotatable bonds is 4. The Kier molecular flexibility index (Phi) is 5.34. The third kappa shape index (κ3) is 3.82. The highest BCUT2D eigenvalue weighted by Gasteiger charge is 2.13. The molecule has 0 aromatic heterocycles. The minimum absolute atomic E-state index is 0.156. The highest BCUT2D eigenvalue weighted by molar-refractivity contribution is 6.43. The van der Waals surface area contributed by atoms with Gasteiger partial charge in [0.25, 0.3) is 0 Å². The Labute approximate surface area is 137 Å². The van der Waals surface area contributed by atoms with Gasteiger partial charge in [-0.15, -0.1) is 0 Å². The van der Waals surface area contributed by atoms with Crippen LogP contribution >= 0.6 is 34.8 Å². The van der Waals surface area contributed by atoms with Gasteiger partial charge in [0.05, 0.1) is 27.7 Å². The lowest BCUT2D eigenvalue weighted by Crippen LogP contribution is -2.07. The molecule has 6 heteroatoms. The summed E-state index contributed by atoms with van der Waals surface area (Å²) in [6, 6.07) is 10.0. The predicted octanol–water partition coefficient (Wildman–Crippen LogP) is 5.01. The molecule has 0 atom stereocenters. The van der Waals surface area contributed by atoms with Crippen molar-refractivity contribution in [2.24, 2.45) is 0 Å². The largest absolute Gasteiger partial charge is 0.487 e. The van der Waals surface area contributed by atoms with Crippen LogP contribution in [0.5, 0.6) is 5.75 Å². The molecule has 21 heavy (non-hydrogen) atoms. The molecule has 0 amide bonds. The second-order valence-electron chi connectivity index (χ2n) is 4.13. The zero-order valence-corrected chi connectivity index (χ0v) is 13.3. The minimum atomic E-state index is -0.422. The Bertz CT molecular complexity index is 671. The number of methoxy groups -OCH3 is 1. The number of carbonyl (C=O) groups is 1. The fourth-order valence-electron chi connectivity index (χ4n) is 1.73. The van der Waals surface area contributed by atoms with Crippen molar-refractivity contribution >= 4 is 40.8 Å². The van der Waals surface area contributed by atoms with Gasteiger partial charge in [-0.2, -0.15) is 0 Å². The smallest absolute Gasteiger partial charge is 0.338 e. The van der Waals surface area contributed by atoms with Crippen LogP contribution in [-0.2, 0) is 11.3 Å². The Morgan fingerprint density at radius 1 is 1.05 bits per heavy atom. The summed E-state index contributed by atoms with van der Waals surface area (Å²) in [5.41, 5.74) is 1.13. The van der Waals surface area contributed by atoms with Crippen LogP contribution in [0.25, 0.3) is 0 Å². The van der Waals surface area contributed by atoms with Gasteiger partial charge >= 0.3 is 5.97 Å². The quantitative estimate of drug-likeness (QED) is 0.577. The summed E-state index contributed by atoms with van der Waals surface area (Å²) in [7, 11) is 1.33. The molecule has 0 fully saturated rings. The Morgan fingerprint density at radius 2 is 1.71 bits per heavy atom. The molecule has 0 aliphatic rings. The van der Waals surface area contributed by atoms with E-state index in [1.165, 1.54) is 19.2 Å². The Hall–Kier alpha value is -1.42. The molecule has 0 saturated carbocycles. The van der Waals surface area contributed by atoms with E-state index in [1.54, 1.807) is 18.2 Å². The van der Waals surface area contributed by atoms with E-state index in [4.69, 9.17) is 44.3 Å². The minimum Gasteiger partial charge on any atom is -0.487 e. The average molecular weight is 346 g/mol. The third-order valence-corrected chi connectivity index (χ3v) is 3.80. The lowest BCUT2D eigenvalue weighted by molar-refractivity contribution is 0.0598. The normalized spacial score (nSPS) is 10.3. The molecule has 2 rings (SSSR count). The van der Waals surface area contributed by atoms with Crippen molar-refractivity contribution in [3.05, 3.63) is 62.6 Å². The number of esters is 1. The molecule has 0 spiro atoms. The first kappa shape index (κ1) is 16.0. The third-order valence-electron chi connectivity index (χ3n) is 2.78. The number of halogens is 3. The standard InChI is InChI=1S/C15H11Cl3O3/c1-20-15(19)10-5-3-2-4-9(10)8-21-14-7-12(17)11(16)6-13(14)18/h2-7H,8H2,1H3. The van der Waals surface area contributed by atoms with Crippen molar-refractivity contribution in [1.29, 1.82) is 0 Å². The molecule has 0 aliphatic carbocycles. The molecule has 0 aliphatic heterocycles. The van der Waals surface area contributed by atoms with Gasteiger partial charge in [-0.3, -0.25) is 0 Å². The molecular formula is C15H11Cl3O3. The molecule has 0 radical (unpaired) electrons. The molecule has 0 unspecified atom stereocenters. The molecule has 0 N–H and O–H groups in total. The first-order chi connectivity index (χ1) is 10.0. The van der Waals surface area contributed by atoms with Gasteiger partial charge in [-0.1, -0.05) is 53.0 Å². The molecule has 3 nitrogen and oxygen atoms in total. The van der Waals surface area contributed by atoms with Crippen molar-refractivity contribution in [2.75, 3.05) is 7.11 Å². The fourth-order valence-corrected chi connectivity index (χ4v) is 2.32. The van der Waals surface area contributed by atoms with Crippen LogP contribution in [0.2, 0.25) is 15.1 Å². The second-order valence-corrected chi connectivity index (χ2v) is 5.36. The van der Waals surface area contributed by atoms with Crippen molar-refractivity contribution in [2.45, 2.75) is 6.61 Å².